The summed E-state index contributed by atoms with van der Waals surface area (Å²) in [6.45, 7) is 0. The van der Waals surface area contributed by atoms with Crippen molar-refractivity contribution in [3.63, 3.8) is 0 Å². The van der Waals surface area contributed by atoms with Gasteiger partial charge in [-0.05, 0) is 34.7 Å². The van der Waals surface area contributed by atoms with Gasteiger partial charge in [0.05, 0.1) is 20.8 Å². The Bertz CT molecular complexity index is 475. The van der Waals surface area contributed by atoms with Crippen molar-refractivity contribution in [3.05, 3.63) is 33.7 Å². The molecule has 0 saturated heterocycles. The van der Waals surface area contributed by atoms with Crippen LogP contribution < -0.4 is 0 Å². The highest BCUT2D eigenvalue weighted by atomic mass is 127. The van der Waals surface area contributed by atoms with E-state index in [-0.39, 0.29) is 0 Å². The number of hydrogen-bond acceptors (Lipinski definition) is 1. The second-order valence-corrected chi connectivity index (χ2v) is 3.90. The topological polar surface area (TPSA) is 17.3 Å². The molecule has 0 aliphatic heterocycles. The van der Waals surface area contributed by atoms with Gasteiger partial charge in [0.1, 0.15) is 0 Å². The molecule has 2 nitrogen and oxygen atoms in total. The molecule has 0 N–H and O–H groups in total. The van der Waals surface area contributed by atoms with Crippen molar-refractivity contribution in [3.8, 4) is 0 Å². The first-order valence-electron chi connectivity index (χ1n) is 3.68. The molecule has 0 spiro atoms. The number of halogens is 4. The van der Waals surface area contributed by atoms with Crippen LogP contribution in [-0.4, -0.2) is 9.61 Å². The number of hydrogen-bond donors (Lipinski definition) is 0. The predicted molar refractivity (Wildman–Crippen MR) is 52.9 cm³/mol. The minimum atomic E-state index is -4.31. The quantitative estimate of drug-likeness (QED) is 0.684. The summed E-state index contributed by atoms with van der Waals surface area (Å²) in [5, 5.41) is 3.80. The minimum Gasteiger partial charge on any atom is -0.239 e. The third-order valence-corrected chi connectivity index (χ3v) is 2.63. The van der Waals surface area contributed by atoms with Crippen molar-refractivity contribution in [1.82, 2.24) is 9.61 Å². The van der Waals surface area contributed by atoms with Gasteiger partial charge in [-0.2, -0.15) is 18.3 Å². The molecule has 0 bridgehead atoms. The van der Waals surface area contributed by atoms with Crippen LogP contribution in [0, 0.1) is 3.57 Å². The Morgan fingerprint density at radius 1 is 1.29 bits per heavy atom. The van der Waals surface area contributed by atoms with Crippen LogP contribution in [0.3, 0.4) is 0 Å². The fourth-order valence-electron chi connectivity index (χ4n) is 1.12. The molecule has 0 atom stereocenters. The van der Waals surface area contributed by atoms with Crippen LogP contribution >= 0.6 is 22.6 Å². The molecule has 0 aliphatic rings. The van der Waals surface area contributed by atoms with E-state index in [0.717, 1.165) is 15.8 Å². The highest BCUT2D eigenvalue weighted by molar-refractivity contribution is 14.1. The van der Waals surface area contributed by atoms with Crippen LogP contribution in [0.4, 0.5) is 13.2 Å². The second-order valence-electron chi connectivity index (χ2n) is 2.74. The van der Waals surface area contributed by atoms with E-state index in [1.165, 1.54) is 16.8 Å². The lowest BCUT2D eigenvalue weighted by Gasteiger charge is -2.06. The Kier molecular flexibility index (Phi) is 2.17. The van der Waals surface area contributed by atoms with E-state index >= 15 is 0 Å². The Balaban J connectivity index is 2.63. The molecule has 0 amide bonds. The lowest BCUT2D eigenvalue weighted by molar-refractivity contribution is -0.137. The van der Waals surface area contributed by atoms with Crippen LogP contribution in [0.15, 0.2) is 24.5 Å². The summed E-state index contributed by atoms with van der Waals surface area (Å²) in [7, 11) is 0. The zero-order valence-electron chi connectivity index (χ0n) is 6.72. The Hall–Kier alpha value is -0.790. The molecular formula is C8H4F3IN2. The van der Waals surface area contributed by atoms with Crippen LogP contribution in [0.5, 0.6) is 0 Å². The average molecular weight is 312 g/mol. The molecule has 2 aromatic heterocycles. The molecule has 0 saturated carbocycles. The maximum Gasteiger partial charge on any atom is 0.417 e. The predicted octanol–water partition coefficient (Wildman–Crippen LogP) is 2.96. The molecule has 0 unspecified atom stereocenters. The summed E-state index contributed by atoms with van der Waals surface area (Å²) in [6.07, 6.45) is -1.81. The SMILES string of the molecule is FC(F)(F)c1ccc2c(I)cnn2c1. The van der Waals surface area contributed by atoms with Gasteiger partial charge in [-0.15, -0.1) is 0 Å². The molecular weight excluding hydrogens is 308 g/mol. The summed E-state index contributed by atoms with van der Waals surface area (Å²) < 4.78 is 38.9. The van der Waals surface area contributed by atoms with E-state index in [0.29, 0.717) is 5.52 Å². The molecule has 14 heavy (non-hydrogen) atoms. The number of alkyl halides is 3. The van der Waals surface area contributed by atoms with Gasteiger partial charge in [-0.25, -0.2) is 4.52 Å². The van der Waals surface area contributed by atoms with E-state index < -0.39 is 11.7 Å². The zero-order chi connectivity index (χ0) is 10.3. The molecule has 74 valence electrons. The van der Waals surface area contributed by atoms with Gasteiger partial charge in [0.2, 0.25) is 0 Å². The van der Waals surface area contributed by atoms with E-state index in [2.05, 4.69) is 5.10 Å². The first kappa shape index (κ1) is 9.75. The van der Waals surface area contributed by atoms with Gasteiger partial charge in [0, 0.05) is 6.20 Å². The zero-order valence-corrected chi connectivity index (χ0v) is 8.87. The van der Waals surface area contributed by atoms with E-state index in [1.807, 2.05) is 22.6 Å². The van der Waals surface area contributed by atoms with E-state index in [4.69, 9.17) is 0 Å². The minimum absolute atomic E-state index is 0.679. The van der Waals surface area contributed by atoms with Crippen molar-refractivity contribution >= 4 is 28.1 Å². The highest BCUT2D eigenvalue weighted by Crippen LogP contribution is 2.29. The number of pyridine rings is 1. The summed E-state index contributed by atoms with van der Waals surface area (Å²) >= 11 is 2.02. The number of rotatable bonds is 0. The third-order valence-electron chi connectivity index (χ3n) is 1.80. The highest BCUT2D eigenvalue weighted by Gasteiger charge is 2.30. The molecule has 0 radical (unpaired) electrons. The summed E-state index contributed by atoms with van der Waals surface area (Å²) in [5.74, 6) is 0. The molecule has 2 aromatic rings. The maximum absolute atomic E-state index is 12.3. The molecule has 0 aromatic carbocycles. The molecule has 0 fully saturated rings. The van der Waals surface area contributed by atoms with Crippen molar-refractivity contribution in [2.24, 2.45) is 0 Å². The number of aromatic nitrogens is 2. The van der Waals surface area contributed by atoms with Crippen LogP contribution in [0.2, 0.25) is 0 Å². The second kappa shape index (κ2) is 3.11. The standard InChI is InChI=1S/C8H4F3IN2/c9-8(10,11)5-1-2-7-6(12)3-13-14(7)4-5/h1-4H. The summed E-state index contributed by atoms with van der Waals surface area (Å²) in [5.41, 5.74) is -0.0110. The molecule has 2 heterocycles. The van der Waals surface area contributed by atoms with Crippen LogP contribution in [-0.2, 0) is 6.18 Å². The van der Waals surface area contributed by atoms with Gasteiger partial charge < -0.3 is 0 Å². The smallest absolute Gasteiger partial charge is 0.239 e. The van der Waals surface area contributed by atoms with Crippen LogP contribution in [0.25, 0.3) is 5.52 Å². The van der Waals surface area contributed by atoms with Gasteiger partial charge >= 0.3 is 6.18 Å². The molecule has 6 heteroatoms. The van der Waals surface area contributed by atoms with Gasteiger partial charge in [0.25, 0.3) is 0 Å². The maximum atomic E-state index is 12.3. The molecule has 2 rings (SSSR count). The van der Waals surface area contributed by atoms with Crippen molar-refractivity contribution in [2.75, 3.05) is 0 Å². The lowest BCUT2D eigenvalue weighted by atomic mass is 10.2. The third kappa shape index (κ3) is 1.58. The largest absolute Gasteiger partial charge is 0.417 e. The van der Waals surface area contributed by atoms with Crippen molar-refractivity contribution in [2.45, 2.75) is 6.18 Å². The van der Waals surface area contributed by atoms with E-state index in [1.54, 1.807) is 0 Å². The van der Waals surface area contributed by atoms with Gasteiger partial charge in [-0.1, -0.05) is 0 Å². The number of fused-ring (bicyclic) bond motifs is 1. The fourth-order valence-corrected chi connectivity index (χ4v) is 1.67. The first-order chi connectivity index (χ1) is 6.48. The Morgan fingerprint density at radius 2 is 2.00 bits per heavy atom. The Labute approximate surface area is 90.9 Å². The van der Waals surface area contributed by atoms with E-state index in [9.17, 15) is 13.2 Å². The van der Waals surface area contributed by atoms with Crippen molar-refractivity contribution < 1.29 is 13.2 Å². The molecule has 0 aliphatic carbocycles. The lowest BCUT2D eigenvalue weighted by Crippen LogP contribution is -2.06. The Morgan fingerprint density at radius 3 is 2.64 bits per heavy atom. The normalized spacial score (nSPS) is 12.3. The van der Waals surface area contributed by atoms with Gasteiger partial charge in [0.15, 0.2) is 0 Å². The fraction of sp³-hybridized carbons (Fsp3) is 0.125. The monoisotopic (exact) mass is 312 g/mol. The summed E-state index contributed by atoms with van der Waals surface area (Å²) in [4.78, 5) is 0. The van der Waals surface area contributed by atoms with Crippen LogP contribution in [0.1, 0.15) is 5.56 Å². The number of nitrogens with zero attached hydrogens (tertiary/aromatic N) is 2. The van der Waals surface area contributed by atoms with Gasteiger partial charge in [-0.3, -0.25) is 0 Å². The van der Waals surface area contributed by atoms with Crippen molar-refractivity contribution in [1.29, 1.82) is 0 Å². The average Bonchev–Trinajstić information content (AvgIpc) is 2.46. The first-order valence-corrected chi connectivity index (χ1v) is 4.76. The summed E-state index contributed by atoms with van der Waals surface area (Å²) in [6, 6.07) is 2.47.